The van der Waals surface area contributed by atoms with E-state index in [1.165, 1.54) is 45.3 Å². The molecule has 10 N–H and O–H groups in total. The van der Waals surface area contributed by atoms with Crippen LogP contribution >= 0.6 is 45.3 Å². The van der Waals surface area contributed by atoms with Crippen molar-refractivity contribution in [3.8, 4) is 87.8 Å². The Balaban J connectivity index is 0.000000124. The van der Waals surface area contributed by atoms with Gasteiger partial charge in [-0.05, 0) is 75.2 Å². The molecule has 2 unspecified atom stereocenters. The van der Waals surface area contributed by atoms with Crippen LogP contribution in [0.4, 0.5) is 22.7 Å². The fourth-order valence-corrected chi connectivity index (χ4v) is 15.6. The number of carboxylic acid groups (broad SMARTS) is 2. The van der Waals surface area contributed by atoms with E-state index in [2.05, 4.69) is 122 Å². The molecule has 4 saturated heterocycles. The summed E-state index contributed by atoms with van der Waals surface area (Å²) < 4.78 is 28.8. The van der Waals surface area contributed by atoms with Crippen molar-refractivity contribution in [2.75, 3.05) is 74.1 Å². The van der Waals surface area contributed by atoms with E-state index in [-0.39, 0.29) is 60.7 Å². The number of aromatic nitrogens is 24. The third kappa shape index (κ3) is 19.7. The molecule has 0 saturated carbocycles. The van der Waals surface area contributed by atoms with Crippen LogP contribution in [0.15, 0.2) is 181 Å². The number of thiazole rings is 4. The van der Waals surface area contributed by atoms with Gasteiger partial charge in [0.25, 0.3) is 36.6 Å². The van der Waals surface area contributed by atoms with Gasteiger partial charge in [0.1, 0.15) is 65.6 Å². The monoisotopic (exact) mass is 1720 g/mol. The Morgan fingerprint density at radius 3 is 0.951 bits per heavy atom. The Kier molecular flexibility index (Phi) is 26.6. The number of hydrogen-bond acceptors (Lipinski definition) is 30. The standard InChI is InChI=1S/4C19H17N7O2S.2CH2O2/c2*1-11-13(6-21-24-11)19-23-16(10-29-19)18(27)22-15-7-26(12-8-28-9-12)25-17(15)14-4-2-3-5-20-14;2*27-18(16-11-29-19(24-16)12-7-21-22-8-12)23-15-9-26(13-4-6-28-10-13)25-17(15)14-3-1-2-5-20-14;2*2-1-3/h2*2-7,10,12H,8-9H2,1H3,(H,21,24)(H,22,27);2*1-3,5,7-9,11,13H,4,6,10H2,(H,21,22)(H,23,27);2*1H,(H,2,3). The molecule has 44 heteroatoms. The van der Waals surface area contributed by atoms with Gasteiger partial charge in [-0.2, -0.15) is 40.8 Å². The molecule has 16 aromatic heterocycles. The fraction of sp³-hybridized carbons (Fsp3) is 0.205. The van der Waals surface area contributed by atoms with Gasteiger partial charge in [0.05, 0.1) is 145 Å². The van der Waals surface area contributed by atoms with E-state index in [1.807, 2.05) is 130 Å². The highest BCUT2D eigenvalue weighted by atomic mass is 32.1. The molecular weight excluding hydrogens is 1650 g/mol. The average Bonchev–Trinajstić information content (AvgIpc) is 1.66. The van der Waals surface area contributed by atoms with Crippen LogP contribution in [0.1, 0.15) is 90.4 Å². The number of hydrogen-bond donors (Lipinski definition) is 10. The van der Waals surface area contributed by atoms with Crippen molar-refractivity contribution in [3.05, 3.63) is 215 Å². The minimum Gasteiger partial charge on any atom is -0.483 e. The normalized spacial score (nSPS) is 14.5. The zero-order valence-corrected chi connectivity index (χ0v) is 67.7. The summed E-state index contributed by atoms with van der Waals surface area (Å²) in [5.41, 5.74) is 14.3. The maximum atomic E-state index is 12.9. The molecule has 4 aliphatic heterocycles. The van der Waals surface area contributed by atoms with Gasteiger partial charge in [0.2, 0.25) is 0 Å². The molecule has 0 aromatic carbocycles. The van der Waals surface area contributed by atoms with Crippen LogP contribution < -0.4 is 21.3 Å². The number of ether oxygens (including phenoxy) is 4. The first kappa shape index (κ1) is 82.6. The summed E-state index contributed by atoms with van der Waals surface area (Å²) in [6.07, 6.45) is 26.2. The minimum atomic E-state index is -0.296. The molecule has 16 aromatic rings. The van der Waals surface area contributed by atoms with E-state index in [9.17, 15) is 19.2 Å². The van der Waals surface area contributed by atoms with E-state index in [4.69, 9.17) is 38.7 Å². The predicted molar refractivity (Wildman–Crippen MR) is 448 cm³/mol. The highest BCUT2D eigenvalue weighted by molar-refractivity contribution is 7.14. The quantitative estimate of drug-likeness (QED) is 0.0317. The molecule has 0 spiro atoms. The molecule has 0 radical (unpaired) electrons. The van der Waals surface area contributed by atoms with Gasteiger partial charge >= 0.3 is 0 Å². The topological polar surface area (TPSA) is 517 Å². The molecule has 4 aliphatic rings. The number of anilines is 4. The molecule has 620 valence electrons. The summed E-state index contributed by atoms with van der Waals surface area (Å²) in [6.45, 7) is 8.40. The first-order chi connectivity index (χ1) is 59.8. The fourth-order valence-electron chi connectivity index (χ4n) is 12.3. The first-order valence-corrected chi connectivity index (χ1v) is 40.8. The van der Waals surface area contributed by atoms with E-state index >= 15 is 0 Å². The highest BCUT2D eigenvalue weighted by Gasteiger charge is 2.30. The Hall–Kier alpha value is -14.5. The van der Waals surface area contributed by atoms with Gasteiger partial charge in [-0.25, -0.2) is 19.9 Å². The van der Waals surface area contributed by atoms with Crippen molar-refractivity contribution in [1.29, 1.82) is 0 Å². The number of rotatable bonds is 20. The second-order valence-corrected chi connectivity index (χ2v) is 30.2. The first-order valence-electron chi connectivity index (χ1n) is 37.3. The molecule has 2 atom stereocenters. The lowest BCUT2D eigenvalue weighted by atomic mass is 10.2. The van der Waals surface area contributed by atoms with Crippen LogP contribution in [0, 0.1) is 13.8 Å². The number of H-pyrrole nitrogens is 4. The van der Waals surface area contributed by atoms with Gasteiger partial charge in [-0.1, -0.05) is 24.3 Å². The number of amides is 4. The summed E-state index contributed by atoms with van der Waals surface area (Å²) >= 11 is 5.59. The maximum Gasteiger partial charge on any atom is 0.290 e. The number of carbonyl (C=O) groups excluding carboxylic acids is 4. The van der Waals surface area contributed by atoms with Crippen LogP contribution in [-0.4, -0.2) is 219 Å². The summed E-state index contributed by atoms with van der Waals surface area (Å²) in [5.74, 6) is -1.18. The molecule has 122 heavy (non-hydrogen) atoms. The van der Waals surface area contributed by atoms with Crippen molar-refractivity contribution in [2.24, 2.45) is 0 Å². The van der Waals surface area contributed by atoms with Crippen molar-refractivity contribution in [2.45, 2.75) is 50.9 Å². The van der Waals surface area contributed by atoms with Gasteiger partial charge < -0.3 is 50.4 Å². The third-order valence-corrected chi connectivity index (χ3v) is 22.2. The number of carbonyl (C=O) groups is 6. The zero-order chi connectivity index (χ0) is 84.3. The van der Waals surface area contributed by atoms with Crippen molar-refractivity contribution >= 4 is 105 Å². The van der Waals surface area contributed by atoms with Crippen molar-refractivity contribution in [1.82, 2.24) is 120 Å². The Morgan fingerprint density at radius 1 is 0.410 bits per heavy atom. The molecule has 4 amide bonds. The molecule has 4 fully saturated rings. The maximum absolute atomic E-state index is 12.9. The summed E-state index contributed by atoms with van der Waals surface area (Å²) in [4.78, 5) is 103. The van der Waals surface area contributed by atoms with Gasteiger partial charge in [-0.3, -0.25) is 87.8 Å². The molecule has 20 rings (SSSR count). The number of pyridine rings is 4. The summed E-state index contributed by atoms with van der Waals surface area (Å²) in [7, 11) is 0. The van der Waals surface area contributed by atoms with E-state index in [0.29, 0.717) is 144 Å². The second-order valence-electron chi connectivity index (χ2n) is 26.7. The van der Waals surface area contributed by atoms with Gasteiger partial charge in [0.15, 0.2) is 0 Å². The Labute approximate surface area is 706 Å². The van der Waals surface area contributed by atoms with Crippen LogP contribution in [0.25, 0.3) is 87.8 Å². The second kappa shape index (κ2) is 39.4. The highest BCUT2D eigenvalue weighted by Crippen LogP contribution is 2.36. The zero-order valence-electron chi connectivity index (χ0n) is 64.4. The predicted octanol–water partition coefficient (Wildman–Crippen LogP) is 11.3. The van der Waals surface area contributed by atoms with E-state index < -0.39 is 0 Å². The Morgan fingerprint density at radius 2 is 0.705 bits per heavy atom. The average molecular weight is 1720 g/mol. The Bertz CT molecular complexity index is 5770. The molecular formula is C78H72N28O12S4. The lowest BCUT2D eigenvalue weighted by Gasteiger charge is -2.25. The largest absolute Gasteiger partial charge is 0.483 e. The molecule has 40 nitrogen and oxygen atoms in total. The van der Waals surface area contributed by atoms with Crippen LogP contribution in [0.3, 0.4) is 0 Å². The molecule has 0 aliphatic carbocycles. The number of nitrogens with one attached hydrogen (secondary N) is 8. The van der Waals surface area contributed by atoms with Crippen LogP contribution in [-0.2, 0) is 28.5 Å². The SMILES string of the molecule is Cc1[nH]ncc1-c1nc(C(=O)Nc2cn(C3COC3)nc2-c2ccccn2)cs1.Cc1[nH]ncc1-c1nc(C(=O)Nc2cn(C3COC3)nc2-c2ccccn2)cs1.O=C(Nc1cn(C2CCOC2)nc1-c1ccccn1)c1csc(-c2cn[nH]c2)n1.O=C(Nc1cn(C2CCOC2)nc1-c1ccccn1)c1csc(-c2cn[nH]c2)n1.O=CO.O=CO. The molecule has 20 heterocycles. The summed E-state index contributed by atoms with van der Waals surface area (Å²) in [5, 5.41) is 81.2. The van der Waals surface area contributed by atoms with Gasteiger partial charge in [-0.15, -0.1) is 45.3 Å². The smallest absolute Gasteiger partial charge is 0.290 e. The lowest BCUT2D eigenvalue weighted by molar-refractivity contribution is -0.123. The number of nitrogens with zero attached hydrogens (tertiary/aromatic N) is 20. The summed E-state index contributed by atoms with van der Waals surface area (Å²) in [6, 6.07) is 23.0. The van der Waals surface area contributed by atoms with Crippen LogP contribution in [0.5, 0.6) is 0 Å². The van der Waals surface area contributed by atoms with E-state index in [0.717, 1.165) is 66.5 Å². The van der Waals surface area contributed by atoms with Crippen LogP contribution in [0.2, 0.25) is 0 Å². The molecule has 0 bridgehead atoms. The number of aromatic amines is 4. The number of aryl methyl sites for hydroxylation is 2. The third-order valence-electron chi connectivity index (χ3n) is 18.7. The lowest BCUT2D eigenvalue weighted by Crippen LogP contribution is -2.30. The minimum absolute atomic E-state index is 0.148. The van der Waals surface area contributed by atoms with E-state index in [1.54, 1.807) is 83.5 Å². The van der Waals surface area contributed by atoms with Crippen molar-refractivity contribution in [3.63, 3.8) is 0 Å². The van der Waals surface area contributed by atoms with Gasteiger partial charge in [0, 0.05) is 119 Å². The van der Waals surface area contributed by atoms with Crippen molar-refractivity contribution < 1.29 is 57.9 Å².